The molecular weight excluding hydrogens is 252 g/mol. The van der Waals surface area contributed by atoms with Crippen LogP contribution >= 0.6 is 0 Å². The molecule has 3 unspecified atom stereocenters. The van der Waals surface area contributed by atoms with Gasteiger partial charge in [0.2, 0.25) is 5.91 Å². The summed E-state index contributed by atoms with van der Waals surface area (Å²) < 4.78 is 0. The number of amides is 1. The highest BCUT2D eigenvalue weighted by Gasteiger charge is 2.33. The number of nitrogens with zero attached hydrogens (tertiary/aromatic N) is 2. The Morgan fingerprint density at radius 3 is 2.25 bits per heavy atom. The molecule has 1 saturated heterocycles. The zero-order valence-electron chi connectivity index (χ0n) is 13.9. The van der Waals surface area contributed by atoms with E-state index in [1.165, 1.54) is 0 Å². The number of nitrogens with one attached hydrogen (secondary N) is 1. The first-order valence-corrected chi connectivity index (χ1v) is 7.67. The maximum Gasteiger partial charge on any atom is 0.237 e. The predicted molar refractivity (Wildman–Crippen MR) is 83.6 cm³/mol. The number of carbonyl (C=O) groups excluding carboxylic acids is 1. The van der Waals surface area contributed by atoms with Gasteiger partial charge in [-0.05, 0) is 48.1 Å². The van der Waals surface area contributed by atoms with E-state index in [2.05, 4.69) is 36.0 Å². The van der Waals surface area contributed by atoms with Gasteiger partial charge in [0.25, 0.3) is 0 Å². The van der Waals surface area contributed by atoms with Crippen molar-refractivity contribution in [3.63, 3.8) is 0 Å². The van der Waals surface area contributed by atoms with E-state index in [1.807, 2.05) is 20.8 Å². The summed E-state index contributed by atoms with van der Waals surface area (Å²) >= 11 is 0. The molecule has 3 N–H and O–H groups in total. The van der Waals surface area contributed by atoms with Crippen LogP contribution in [0.3, 0.4) is 0 Å². The zero-order chi connectivity index (χ0) is 15.5. The number of nitrogens with two attached hydrogens (primary N) is 1. The summed E-state index contributed by atoms with van der Waals surface area (Å²) in [6.45, 7) is 13.5. The normalized spacial score (nSPS) is 28.6. The Bertz CT molecular complexity index is 322. The molecule has 1 rings (SSSR count). The molecule has 0 aliphatic carbocycles. The number of primary amides is 1. The molecule has 0 aromatic carbocycles. The Morgan fingerprint density at radius 2 is 1.85 bits per heavy atom. The van der Waals surface area contributed by atoms with Crippen molar-refractivity contribution in [3.05, 3.63) is 0 Å². The molecule has 0 aromatic rings. The second kappa shape index (κ2) is 6.87. The molecule has 0 radical (unpaired) electrons. The topological polar surface area (TPSA) is 61.6 Å². The van der Waals surface area contributed by atoms with Crippen molar-refractivity contribution < 1.29 is 4.79 Å². The van der Waals surface area contributed by atoms with Crippen LogP contribution in [0.2, 0.25) is 0 Å². The second-order valence-electron chi connectivity index (χ2n) is 6.87. The van der Waals surface area contributed by atoms with Crippen LogP contribution in [0.1, 0.15) is 41.0 Å². The lowest BCUT2D eigenvalue weighted by Crippen LogP contribution is -2.59. The standard InChI is InChI=1S/C15H32N4O/c1-11(2)17-15(5,14(16)20)7-8-19-9-12(3)18(6)13(4)10-19/h11-13,17H,7-10H2,1-6H3,(H2,16,20). The molecule has 0 saturated carbocycles. The first-order valence-electron chi connectivity index (χ1n) is 7.67. The monoisotopic (exact) mass is 284 g/mol. The van der Waals surface area contributed by atoms with Crippen LogP contribution in [0.25, 0.3) is 0 Å². The van der Waals surface area contributed by atoms with Crippen molar-refractivity contribution >= 4 is 5.91 Å². The van der Waals surface area contributed by atoms with Gasteiger partial charge in [-0.2, -0.15) is 0 Å². The smallest absolute Gasteiger partial charge is 0.237 e. The van der Waals surface area contributed by atoms with Crippen LogP contribution in [-0.2, 0) is 4.79 Å². The van der Waals surface area contributed by atoms with Gasteiger partial charge in [-0.15, -0.1) is 0 Å². The van der Waals surface area contributed by atoms with Crippen molar-refractivity contribution in [2.24, 2.45) is 5.73 Å². The van der Waals surface area contributed by atoms with Gasteiger partial charge in [-0.25, -0.2) is 0 Å². The minimum atomic E-state index is -0.621. The highest BCUT2D eigenvalue weighted by Crippen LogP contribution is 2.17. The van der Waals surface area contributed by atoms with E-state index < -0.39 is 5.54 Å². The van der Waals surface area contributed by atoms with E-state index in [0.29, 0.717) is 12.1 Å². The Kier molecular flexibility index (Phi) is 5.98. The van der Waals surface area contributed by atoms with Gasteiger partial charge in [0, 0.05) is 37.8 Å². The maximum atomic E-state index is 11.7. The third-order valence-electron chi connectivity index (χ3n) is 4.51. The first kappa shape index (κ1) is 17.4. The molecule has 1 aliphatic heterocycles. The third kappa shape index (κ3) is 4.43. The van der Waals surface area contributed by atoms with Crippen LogP contribution in [0, 0.1) is 0 Å². The Morgan fingerprint density at radius 1 is 1.35 bits per heavy atom. The Labute approximate surface area is 123 Å². The number of likely N-dealkylation sites (N-methyl/N-ethyl adjacent to an activating group) is 1. The van der Waals surface area contributed by atoms with Gasteiger partial charge >= 0.3 is 0 Å². The van der Waals surface area contributed by atoms with Crippen LogP contribution in [-0.4, -0.2) is 66.1 Å². The lowest BCUT2D eigenvalue weighted by molar-refractivity contribution is -0.124. The minimum absolute atomic E-state index is 0.248. The predicted octanol–water partition coefficient (Wildman–Crippen LogP) is 0.643. The molecule has 118 valence electrons. The van der Waals surface area contributed by atoms with Crippen LogP contribution in [0.15, 0.2) is 0 Å². The highest BCUT2D eigenvalue weighted by atomic mass is 16.1. The number of carbonyl (C=O) groups is 1. The van der Waals surface area contributed by atoms with E-state index in [0.717, 1.165) is 26.1 Å². The third-order valence-corrected chi connectivity index (χ3v) is 4.51. The van der Waals surface area contributed by atoms with Crippen molar-refractivity contribution in [2.75, 3.05) is 26.7 Å². The maximum absolute atomic E-state index is 11.7. The average Bonchev–Trinajstić information content (AvgIpc) is 2.32. The fraction of sp³-hybridized carbons (Fsp3) is 0.933. The van der Waals surface area contributed by atoms with E-state index in [9.17, 15) is 4.79 Å². The molecule has 20 heavy (non-hydrogen) atoms. The van der Waals surface area contributed by atoms with E-state index in [4.69, 9.17) is 5.73 Å². The summed E-state index contributed by atoms with van der Waals surface area (Å²) in [6, 6.07) is 1.35. The molecule has 1 amide bonds. The molecule has 1 fully saturated rings. The van der Waals surface area contributed by atoms with E-state index in [-0.39, 0.29) is 11.9 Å². The lowest BCUT2D eigenvalue weighted by atomic mass is 9.95. The summed E-state index contributed by atoms with van der Waals surface area (Å²) in [5.74, 6) is -0.263. The van der Waals surface area contributed by atoms with Gasteiger partial charge in [0.05, 0.1) is 5.54 Å². The number of hydrogen-bond acceptors (Lipinski definition) is 4. The fourth-order valence-electron chi connectivity index (χ4n) is 2.98. The zero-order valence-corrected chi connectivity index (χ0v) is 13.9. The molecule has 0 spiro atoms. The summed E-state index contributed by atoms with van der Waals surface area (Å²) in [7, 11) is 2.18. The fourth-order valence-corrected chi connectivity index (χ4v) is 2.98. The van der Waals surface area contributed by atoms with Crippen LogP contribution < -0.4 is 11.1 Å². The van der Waals surface area contributed by atoms with Crippen LogP contribution in [0.5, 0.6) is 0 Å². The molecule has 0 aromatic heterocycles. The van der Waals surface area contributed by atoms with E-state index in [1.54, 1.807) is 0 Å². The van der Waals surface area contributed by atoms with Gasteiger partial charge in [-0.1, -0.05) is 0 Å². The first-order chi connectivity index (χ1) is 9.15. The minimum Gasteiger partial charge on any atom is -0.368 e. The van der Waals surface area contributed by atoms with Crippen molar-refractivity contribution in [2.45, 2.75) is 64.7 Å². The summed E-state index contributed by atoms with van der Waals surface area (Å²) in [5.41, 5.74) is 4.96. The lowest BCUT2D eigenvalue weighted by Gasteiger charge is -2.43. The second-order valence-corrected chi connectivity index (χ2v) is 6.87. The molecule has 5 heteroatoms. The van der Waals surface area contributed by atoms with Gasteiger partial charge in [0.15, 0.2) is 0 Å². The van der Waals surface area contributed by atoms with Crippen LogP contribution in [0.4, 0.5) is 0 Å². The summed E-state index contributed by atoms with van der Waals surface area (Å²) in [6.07, 6.45) is 0.754. The number of piperazine rings is 1. The molecule has 1 aliphatic rings. The van der Waals surface area contributed by atoms with Crippen molar-refractivity contribution in [3.8, 4) is 0 Å². The molecule has 5 nitrogen and oxygen atoms in total. The molecule has 0 bridgehead atoms. The number of hydrogen-bond donors (Lipinski definition) is 2. The average molecular weight is 284 g/mol. The Hall–Kier alpha value is -0.650. The number of rotatable bonds is 6. The summed E-state index contributed by atoms with van der Waals surface area (Å²) in [5, 5.41) is 3.31. The molecular formula is C15H32N4O. The van der Waals surface area contributed by atoms with Gasteiger partial charge in [0.1, 0.15) is 0 Å². The van der Waals surface area contributed by atoms with E-state index >= 15 is 0 Å². The summed E-state index contributed by atoms with van der Waals surface area (Å²) in [4.78, 5) is 16.6. The molecule has 1 heterocycles. The largest absolute Gasteiger partial charge is 0.368 e. The highest BCUT2D eigenvalue weighted by molar-refractivity contribution is 5.84. The van der Waals surface area contributed by atoms with Gasteiger partial charge in [-0.3, -0.25) is 9.69 Å². The van der Waals surface area contributed by atoms with Crippen molar-refractivity contribution in [1.82, 2.24) is 15.1 Å². The molecule has 3 atom stereocenters. The van der Waals surface area contributed by atoms with Crippen molar-refractivity contribution in [1.29, 1.82) is 0 Å². The Balaban J connectivity index is 2.58. The van der Waals surface area contributed by atoms with Gasteiger partial charge < -0.3 is 16.0 Å². The quantitative estimate of drug-likeness (QED) is 0.751. The SMILES string of the molecule is CC(C)NC(C)(CCN1CC(C)N(C)C(C)C1)C(N)=O.